The lowest BCUT2D eigenvalue weighted by atomic mass is 10.1. The molecular weight excluding hydrogens is 594 g/mol. The van der Waals surface area contributed by atoms with Gasteiger partial charge in [0.1, 0.15) is 19.0 Å². The first-order valence-corrected chi connectivity index (χ1v) is 13.7. The topological polar surface area (TPSA) is 195 Å². The third kappa shape index (κ3) is 9.22. The quantitative estimate of drug-likeness (QED) is 0.161. The van der Waals surface area contributed by atoms with Crippen LogP contribution >= 0.6 is 11.6 Å². The molecule has 3 amide bonds. The van der Waals surface area contributed by atoms with Crippen LogP contribution in [0, 0.1) is 0 Å². The minimum absolute atomic E-state index is 0.118. The van der Waals surface area contributed by atoms with Crippen molar-refractivity contribution in [3.63, 3.8) is 0 Å². The van der Waals surface area contributed by atoms with Gasteiger partial charge in [-0.1, -0.05) is 11.6 Å². The van der Waals surface area contributed by atoms with E-state index in [1.807, 2.05) is 6.92 Å². The Morgan fingerprint density at radius 3 is 2.48 bits per heavy atom. The fourth-order valence-electron chi connectivity index (χ4n) is 3.88. The summed E-state index contributed by atoms with van der Waals surface area (Å²) in [5.74, 6) is -2.12. The smallest absolute Gasteiger partial charge is 0.411 e. The summed E-state index contributed by atoms with van der Waals surface area (Å²) in [6.45, 7) is 2.30. The SMILES string of the molecule is CCn1ccc(C[C@H](NC(=O)/C=C/c2cc(Cl)ccc2-n2cnnn2)C(=O)Nc2ccc(NC(=O)OCCC(=O)O)cc2)n1. The maximum Gasteiger partial charge on any atom is 0.411 e. The molecule has 4 rings (SSSR count). The molecule has 0 bridgehead atoms. The molecule has 1 atom stereocenters. The molecule has 2 aromatic heterocycles. The van der Waals surface area contributed by atoms with E-state index in [2.05, 4.69) is 36.6 Å². The highest BCUT2D eigenvalue weighted by atomic mass is 35.5. The van der Waals surface area contributed by atoms with Crippen LogP contribution < -0.4 is 16.0 Å². The molecule has 0 fully saturated rings. The second-order valence-corrected chi connectivity index (χ2v) is 9.63. The second kappa shape index (κ2) is 15.1. The predicted octanol–water partition coefficient (Wildman–Crippen LogP) is 2.93. The van der Waals surface area contributed by atoms with E-state index in [0.717, 1.165) is 0 Å². The number of carboxylic acid groups (broad SMARTS) is 1. The number of aryl methyl sites for hydroxylation is 1. The van der Waals surface area contributed by atoms with Gasteiger partial charge in [-0.05, 0) is 72.0 Å². The van der Waals surface area contributed by atoms with Gasteiger partial charge in [-0.25, -0.2) is 4.79 Å². The summed E-state index contributed by atoms with van der Waals surface area (Å²) < 4.78 is 7.94. The Balaban J connectivity index is 1.44. The number of benzene rings is 2. The molecule has 2 heterocycles. The molecule has 0 aliphatic rings. The maximum atomic E-state index is 13.3. The summed E-state index contributed by atoms with van der Waals surface area (Å²) in [4.78, 5) is 48.7. The molecule has 0 saturated carbocycles. The number of tetrazole rings is 1. The molecular formula is C28H28ClN9O6. The highest BCUT2D eigenvalue weighted by Gasteiger charge is 2.22. The number of hydrogen-bond acceptors (Lipinski definition) is 9. The lowest BCUT2D eigenvalue weighted by molar-refractivity contribution is -0.137. The van der Waals surface area contributed by atoms with E-state index in [4.69, 9.17) is 21.4 Å². The molecule has 4 N–H and O–H groups in total. The molecule has 0 spiro atoms. The largest absolute Gasteiger partial charge is 0.481 e. The number of aliphatic carboxylic acids is 1. The second-order valence-electron chi connectivity index (χ2n) is 9.19. The van der Waals surface area contributed by atoms with Crippen molar-refractivity contribution in [3.8, 4) is 5.69 Å². The van der Waals surface area contributed by atoms with Gasteiger partial charge in [-0.15, -0.1) is 5.10 Å². The van der Waals surface area contributed by atoms with Gasteiger partial charge in [0.15, 0.2) is 0 Å². The van der Waals surface area contributed by atoms with E-state index in [1.54, 1.807) is 47.3 Å². The van der Waals surface area contributed by atoms with E-state index in [1.165, 1.54) is 35.3 Å². The summed E-state index contributed by atoms with van der Waals surface area (Å²) in [7, 11) is 0. The normalized spacial score (nSPS) is 11.6. The van der Waals surface area contributed by atoms with Gasteiger partial charge >= 0.3 is 12.1 Å². The number of carbonyl (C=O) groups excluding carboxylic acids is 3. The fourth-order valence-corrected chi connectivity index (χ4v) is 4.06. The van der Waals surface area contributed by atoms with Gasteiger partial charge in [-0.3, -0.25) is 24.4 Å². The van der Waals surface area contributed by atoms with Gasteiger partial charge in [0, 0.05) is 47.2 Å². The van der Waals surface area contributed by atoms with Gasteiger partial charge in [-0.2, -0.15) is 9.78 Å². The number of halogens is 1. The first-order chi connectivity index (χ1) is 21.2. The Labute approximate surface area is 255 Å². The average Bonchev–Trinajstić information content (AvgIpc) is 3.69. The van der Waals surface area contributed by atoms with Crippen LogP contribution in [-0.2, 0) is 32.1 Å². The van der Waals surface area contributed by atoms with Gasteiger partial charge < -0.3 is 20.5 Å². The molecule has 16 heteroatoms. The van der Waals surface area contributed by atoms with Gasteiger partial charge in [0.05, 0.1) is 17.8 Å². The minimum atomic E-state index is -1.08. The van der Waals surface area contributed by atoms with Crippen molar-refractivity contribution in [2.24, 2.45) is 0 Å². The molecule has 15 nitrogen and oxygen atoms in total. The summed E-state index contributed by atoms with van der Waals surface area (Å²) in [6, 6.07) is 12.0. The Kier molecular flexibility index (Phi) is 10.7. The van der Waals surface area contributed by atoms with Crippen molar-refractivity contribution in [3.05, 3.63) is 83.4 Å². The summed E-state index contributed by atoms with van der Waals surface area (Å²) in [5.41, 5.74) is 2.54. The Morgan fingerprint density at radius 2 is 1.82 bits per heavy atom. The van der Waals surface area contributed by atoms with Crippen LogP contribution in [0.5, 0.6) is 0 Å². The molecule has 44 heavy (non-hydrogen) atoms. The third-order valence-corrected chi connectivity index (χ3v) is 6.25. The summed E-state index contributed by atoms with van der Waals surface area (Å²) >= 11 is 6.16. The molecule has 0 aliphatic carbocycles. The number of nitrogens with zero attached hydrogens (tertiary/aromatic N) is 6. The van der Waals surface area contributed by atoms with Gasteiger partial charge in [0.2, 0.25) is 11.8 Å². The number of rotatable bonds is 13. The first kappa shape index (κ1) is 31.4. The Bertz CT molecular complexity index is 1640. The highest BCUT2D eigenvalue weighted by molar-refractivity contribution is 6.30. The van der Waals surface area contributed by atoms with Crippen LogP contribution in [0.3, 0.4) is 0 Å². The van der Waals surface area contributed by atoms with Crippen molar-refractivity contribution in [2.75, 3.05) is 17.2 Å². The molecule has 0 saturated heterocycles. The zero-order chi connectivity index (χ0) is 31.5. The third-order valence-electron chi connectivity index (χ3n) is 6.01. The number of hydrogen-bond donors (Lipinski definition) is 4. The van der Waals surface area contributed by atoms with Crippen LogP contribution in [0.1, 0.15) is 24.6 Å². The number of nitrogens with one attached hydrogen (secondary N) is 3. The maximum absolute atomic E-state index is 13.3. The Morgan fingerprint density at radius 1 is 1.07 bits per heavy atom. The van der Waals surface area contributed by atoms with E-state index < -0.39 is 29.9 Å². The lowest BCUT2D eigenvalue weighted by Crippen LogP contribution is -2.44. The molecule has 0 aliphatic heterocycles. The van der Waals surface area contributed by atoms with Crippen molar-refractivity contribution in [1.82, 2.24) is 35.3 Å². The molecule has 4 aromatic rings. The zero-order valence-electron chi connectivity index (χ0n) is 23.4. The molecule has 2 aromatic carbocycles. The number of amides is 3. The first-order valence-electron chi connectivity index (χ1n) is 13.3. The zero-order valence-corrected chi connectivity index (χ0v) is 24.1. The number of aromatic nitrogens is 6. The van der Waals surface area contributed by atoms with Crippen molar-refractivity contribution in [2.45, 2.75) is 32.4 Å². The minimum Gasteiger partial charge on any atom is -0.481 e. The van der Waals surface area contributed by atoms with E-state index in [9.17, 15) is 19.2 Å². The van der Waals surface area contributed by atoms with Crippen LogP contribution in [0.4, 0.5) is 16.2 Å². The number of carbonyl (C=O) groups is 4. The molecule has 228 valence electrons. The number of anilines is 2. The highest BCUT2D eigenvalue weighted by Crippen LogP contribution is 2.20. The van der Waals surface area contributed by atoms with E-state index in [-0.39, 0.29) is 19.4 Å². The van der Waals surface area contributed by atoms with Crippen LogP contribution in [0.2, 0.25) is 5.02 Å². The fraction of sp³-hybridized carbons (Fsp3) is 0.214. The van der Waals surface area contributed by atoms with Crippen molar-refractivity contribution in [1.29, 1.82) is 0 Å². The molecule has 0 radical (unpaired) electrons. The number of ether oxygens (including phenoxy) is 1. The van der Waals surface area contributed by atoms with Crippen molar-refractivity contribution < 1.29 is 29.0 Å². The standard InChI is InChI=1S/C28H28ClN9O6/c1-2-37-13-11-22(34-37)16-23(27(42)31-20-5-7-21(8-6-20)32-28(43)44-14-12-26(40)41)33-25(39)10-3-18-15-19(29)4-9-24(18)38-17-30-35-36-38/h3-11,13,15,17,23H,2,12,14,16H2,1H3,(H,31,42)(H,32,43)(H,33,39)(H,40,41)/b10-3+/t23-/m0/s1. The van der Waals surface area contributed by atoms with Gasteiger partial charge in [0.25, 0.3) is 0 Å². The predicted molar refractivity (Wildman–Crippen MR) is 159 cm³/mol. The summed E-state index contributed by atoms with van der Waals surface area (Å²) in [6.07, 6.45) is 5.00. The monoisotopic (exact) mass is 621 g/mol. The van der Waals surface area contributed by atoms with Crippen molar-refractivity contribution >= 4 is 52.9 Å². The summed E-state index contributed by atoms with van der Waals surface area (Å²) in [5, 5.41) is 32.6. The Hall–Kier alpha value is -5.57. The lowest BCUT2D eigenvalue weighted by Gasteiger charge is -2.17. The molecule has 0 unspecified atom stereocenters. The van der Waals surface area contributed by atoms with Crippen LogP contribution in [0.15, 0.2) is 67.1 Å². The van der Waals surface area contributed by atoms with E-state index >= 15 is 0 Å². The van der Waals surface area contributed by atoms with Crippen LogP contribution in [-0.4, -0.2) is 71.6 Å². The van der Waals surface area contributed by atoms with E-state index in [0.29, 0.717) is 39.9 Å². The average molecular weight is 622 g/mol. The number of carboxylic acids is 1. The van der Waals surface area contributed by atoms with Crippen LogP contribution in [0.25, 0.3) is 11.8 Å².